The third kappa shape index (κ3) is 12.5. The number of carbonyl (C=O) groups excluding carboxylic acids is 4. The minimum atomic E-state index is -4.78. The molecule has 0 N–H and O–H groups in total. The van der Waals surface area contributed by atoms with Crippen LogP contribution in [0.3, 0.4) is 0 Å². The normalized spacial score (nSPS) is 16.5. The van der Waals surface area contributed by atoms with Gasteiger partial charge in [0.25, 0.3) is 0 Å². The maximum atomic E-state index is 13.1. The number of unbranched alkanes of at least 4 members (excludes halogenated alkanes) is 4. The van der Waals surface area contributed by atoms with Gasteiger partial charge in [-0.05, 0) is 71.2 Å². The Labute approximate surface area is 362 Å². The van der Waals surface area contributed by atoms with Crippen LogP contribution in [0.4, 0.5) is 37.7 Å². The Hall–Kier alpha value is -4.56. The second kappa shape index (κ2) is 21.3. The van der Waals surface area contributed by atoms with Crippen LogP contribution in [-0.2, 0) is 32.3 Å². The van der Waals surface area contributed by atoms with Crippen molar-refractivity contribution in [3.63, 3.8) is 0 Å². The first-order valence-corrected chi connectivity index (χ1v) is 21.5. The van der Waals surface area contributed by atoms with E-state index in [4.69, 9.17) is 0 Å². The number of nitrogens with zero attached hydrogens (tertiary/aromatic N) is 2. The molecule has 0 bridgehead atoms. The Morgan fingerprint density at radius 2 is 0.883 bits per heavy atom. The molecule has 318 valence electrons. The van der Waals surface area contributed by atoms with E-state index in [1.54, 1.807) is 9.80 Å². The van der Waals surface area contributed by atoms with Gasteiger partial charge in [-0.2, -0.15) is 26.3 Å². The predicted molar refractivity (Wildman–Crippen MR) is 229 cm³/mol. The van der Waals surface area contributed by atoms with Gasteiger partial charge in [0.15, 0.2) is 0 Å². The van der Waals surface area contributed by atoms with E-state index in [9.17, 15) is 45.5 Å². The van der Waals surface area contributed by atoms with Crippen molar-refractivity contribution in [2.75, 3.05) is 9.80 Å². The number of carbonyl (C=O) groups is 4. The zero-order chi connectivity index (χ0) is 43.5. The summed E-state index contributed by atoms with van der Waals surface area (Å²) in [6.07, 6.45) is -4.23. The fraction of sp³-hybridized carbons (Fsp3) is 0.348. The molecule has 4 aromatic rings. The van der Waals surface area contributed by atoms with Gasteiger partial charge in [0.1, 0.15) is 0 Å². The monoisotopic (exact) mass is 960 g/mol. The van der Waals surface area contributed by atoms with Crippen LogP contribution in [0.2, 0.25) is 0 Å². The molecule has 0 radical (unpaired) electrons. The van der Waals surface area contributed by atoms with Crippen molar-refractivity contribution in [3.05, 3.63) is 130 Å². The topological polar surface area (TPSA) is 74.8 Å². The van der Waals surface area contributed by atoms with Crippen LogP contribution in [0.1, 0.15) is 107 Å². The summed E-state index contributed by atoms with van der Waals surface area (Å²) in [5, 5.41) is 0. The molecule has 2 aliphatic rings. The number of ketones is 2. The molecule has 0 saturated carbocycles. The first-order valence-electron chi connectivity index (χ1n) is 19.7. The van der Waals surface area contributed by atoms with E-state index in [2.05, 4.69) is 31.9 Å². The molecule has 2 atom stereocenters. The van der Waals surface area contributed by atoms with Crippen molar-refractivity contribution < 1.29 is 45.5 Å². The van der Waals surface area contributed by atoms with Crippen molar-refractivity contribution in [1.29, 1.82) is 0 Å². The lowest BCUT2D eigenvalue weighted by Gasteiger charge is -2.33. The number of benzene rings is 4. The number of Topliss-reactive ketones (excluding diaryl/α,β-unsaturated/α-hetero) is 2. The summed E-state index contributed by atoms with van der Waals surface area (Å²) in [4.78, 5) is 51.5. The minimum absolute atomic E-state index is 0.0354. The summed E-state index contributed by atoms with van der Waals surface area (Å²) < 4.78 is 73.7. The van der Waals surface area contributed by atoms with Gasteiger partial charge in [-0.15, -0.1) is 0 Å². The third-order valence-electron chi connectivity index (χ3n) is 10.3. The minimum Gasteiger partial charge on any atom is -0.308 e. The molecule has 0 saturated heterocycles. The number of halogens is 8. The molecule has 60 heavy (non-hydrogen) atoms. The Balaban J connectivity index is 0.000000228. The van der Waals surface area contributed by atoms with Crippen LogP contribution >= 0.6 is 31.9 Å². The van der Waals surface area contributed by atoms with Gasteiger partial charge < -0.3 is 9.80 Å². The molecule has 2 heterocycles. The summed E-state index contributed by atoms with van der Waals surface area (Å²) >= 11 is 7.57. The van der Waals surface area contributed by atoms with E-state index in [1.807, 2.05) is 109 Å². The Morgan fingerprint density at radius 1 is 0.483 bits per heavy atom. The maximum Gasteiger partial charge on any atom is 0.449 e. The van der Waals surface area contributed by atoms with E-state index < -0.39 is 36.8 Å². The predicted octanol–water partition coefficient (Wildman–Crippen LogP) is 13.0. The average Bonchev–Trinajstić information content (AvgIpc) is 3.22. The van der Waals surface area contributed by atoms with E-state index in [0.717, 1.165) is 44.8 Å². The fourth-order valence-electron chi connectivity index (χ4n) is 7.11. The molecule has 0 aromatic heterocycles. The number of hydrogen-bond acceptors (Lipinski definition) is 4. The highest BCUT2D eigenvalue weighted by Crippen LogP contribution is 2.48. The van der Waals surface area contributed by atoms with Gasteiger partial charge in [0.05, 0.1) is 28.4 Å². The number of anilines is 2. The van der Waals surface area contributed by atoms with E-state index in [0.29, 0.717) is 38.8 Å². The standard InChI is InChI=1S/C23H22Br2F3NO2.C23H22F3NO2/c24-21-16-9-5-4-8-15(16)14-29(18-11-7-6-10-17(18)22(21)25)20(31)13-3-1-2-12-19(30)23(26,27)28;24-23(25,26)21(28)12-2-1-3-13-22(29)27-16-19-10-5-4-8-17(19)14-15-18-9-6-7-11-20(18)27/h4-11,21-22H,1-3,12-14H2;4-11,14-15H,1-3,12-13,16H2/b;15-14-. The summed E-state index contributed by atoms with van der Waals surface area (Å²) in [5.41, 5.74) is 7.77. The second-order valence-electron chi connectivity index (χ2n) is 14.6. The van der Waals surface area contributed by atoms with Gasteiger partial charge >= 0.3 is 12.4 Å². The molecular weight excluding hydrogens is 918 g/mol. The third-order valence-corrected chi connectivity index (χ3v) is 13.1. The zero-order valence-electron chi connectivity index (χ0n) is 32.6. The quantitative estimate of drug-likeness (QED) is 0.0805. The molecule has 2 amide bonds. The lowest BCUT2D eigenvalue weighted by atomic mass is 9.95. The van der Waals surface area contributed by atoms with Crippen LogP contribution in [0.15, 0.2) is 97.1 Å². The number of para-hydroxylation sites is 2. The van der Waals surface area contributed by atoms with Crippen LogP contribution in [-0.4, -0.2) is 35.7 Å². The van der Waals surface area contributed by atoms with Crippen molar-refractivity contribution in [2.45, 2.75) is 99.3 Å². The number of hydrogen-bond donors (Lipinski definition) is 0. The van der Waals surface area contributed by atoms with Gasteiger partial charge in [0, 0.05) is 31.4 Å². The summed E-state index contributed by atoms with van der Waals surface area (Å²) in [6, 6.07) is 31.2. The SMILES string of the molecule is O=C(CCCCCC(=O)C(F)(F)F)N1Cc2ccccc2/C=C\c2ccccc21.O=C(CCCCCC(=O)C(F)(F)F)N1Cc2ccccc2C(Br)C(Br)c2ccccc21. The number of fused-ring (bicyclic) bond motifs is 4. The van der Waals surface area contributed by atoms with Crippen molar-refractivity contribution in [1.82, 2.24) is 0 Å². The zero-order valence-corrected chi connectivity index (χ0v) is 35.8. The van der Waals surface area contributed by atoms with E-state index in [-0.39, 0.29) is 47.2 Å². The number of amides is 2. The van der Waals surface area contributed by atoms with Gasteiger partial charge in [0.2, 0.25) is 23.4 Å². The highest BCUT2D eigenvalue weighted by molar-refractivity contribution is 9.12. The fourth-order valence-corrected chi connectivity index (χ4v) is 8.51. The summed E-state index contributed by atoms with van der Waals surface area (Å²) in [5.74, 6) is -3.58. The molecule has 0 fully saturated rings. The molecule has 14 heteroatoms. The molecule has 6 nitrogen and oxygen atoms in total. The molecule has 6 rings (SSSR count). The number of alkyl halides is 8. The van der Waals surface area contributed by atoms with Gasteiger partial charge in [-0.3, -0.25) is 19.2 Å². The van der Waals surface area contributed by atoms with E-state index in [1.165, 1.54) is 0 Å². The second-order valence-corrected chi connectivity index (χ2v) is 16.5. The first-order chi connectivity index (χ1) is 28.6. The first kappa shape index (κ1) is 46.5. The average molecular weight is 963 g/mol. The molecule has 2 unspecified atom stereocenters. The van der Waals surface area contributed by atoms with Gasteiger partial charge in [-0.25, -0.2) is 0 Å². The molecule has 0 aliphatic carbocycles. The molecule has 0 spiro atoms. The van der Waals surface area contributed by atoms with Crippen LogP contribution < -0.4 is 9.80 Å². The lowest BCUT2D eigenvalue weighted by molar-refractivity contribution is -0.171. The molecule has 2 aliphatic heterocycles. The largest absolute Gasteiger partial charge is 0.449 e. The van der Waals surface area contributed by atoms with Crippen molar-refractivity contribution in [2.24, 2.45) is 0 Å². The van der Waals surface area contributed by atoms with Crippen LogP contribution in [0, 0.1) is 0 Å². The Kier molecular flexibility index (Phi) is 16.5. The van der Waals surface area contributed by atoms with E-state index >= 15 is 0 Å². The van der Waals surface area contributed by atoms with Crippen LogP contribution in [0.25, 0.3) is 12.2 Å². The number of rotatable bonds is 12. The van der Waals surface area contributed by atoms with Crippen molar-refractivity contribution in [3.8, 4) is 0 Å². The summed E-state index contributed by atoms with van der Waals surface area (Å²) in [7, 11) is 0. The van der Waals surface area contributed by atoms with Crippen LogP contribution in [0.5, 0.6) is 0 Å². The molecular formula is C46H44Br2F6N2O4. The Bertz CT molecular complexity index is 2170. The van der Waals surface area contributed by atoms with Gasteiger partial charge in [-0.1, -0.05) is 142 Å². The smallest absolute Gasteiger partial charge is 0.308 e. The highest BCUT2D eigenvalue weighted by Gasteiger charge is 2.38. The summed E-state index contributed by atoms with van der Waals surface area (Å²) in [6.45, 7) is 0.851. The molecule has 4 aromatic carbocycles. The maximum absolute atomic E-state index is 13.1. The van der Waals surface area contributed by atoms with Crippen molar-refractivity contribution >= 4 is 78.8 Å². The lowest BCUT2D eigenvalue weighted by Crippen LogP contribution is -2.33. The highest BCUT2D eigenvalue weighted by atomic mass is 79.9. The Morgan fingerprint density at radius 3 is 1.47 bits per heavy atom.